The van der Waals surface area contributed by atoms with Gasteiger partial charge in [-0.2, -0.15) is 0 Å². The van der Waals surface area contributed by atoms with Crippen LogP contribution >= 0.6 is 0 Å². The Morgan fingerprint density at radius 3 is 2.80 bits per heavy atom. The highest BCUT2D eigenvalue weighted by molar-refractivity contribution is 5.96. The minimum atomic E-state index is -0.749. The first-order valence-corrected chi connectivity index (χ1v) is 6.81. The van der Waals surface area contributed by atoms with Crippen molar-refractivity contribution in [1.82, 2.24) is 9.80 Å². The summed E-state index contributed by atoms with van der Waals surface area (Å²) in [6.07, 6.45) is 2.67. The van der Waals surface area contributed by atoms with Crippen LogP contribution in [0.5, 0.6) is 0 Å². The van der Waals surface area contributed by atoms with Crippen molar-refractivity contribution in [3.8, 4) is 0 Å². The summed E-state index contributed by atoms with van der Waals surface area (Å²) in [6.45, 7) is 5.74. The van der Waals surface area contributed by atoms with Gasteiger partial charge in [0, 0.05) is 33.2 Å². The van der Waals surface area contributed by atoms with Gasteiger partial charge in [-0.25, -0.2) is 10.1 Å². The first kappa shape index (κ1) is 14.7. The summed E-state index contributed by atoms with van der Waals surface area (Å²) < 4.78 is 5.72. The van der Waals surface area contributed by atoms with Crippen LogP contribution in [-0.4, -0.2) is 58.5 Å². The van der Waals surface area contributed by atoms with Crippen LogP contribution < -0.4 is 0 Å². The molecule has 2 aliphatic heterocycles. The lowest BCUT2D eigenvalue weighted by Crippen LogP contribution is -2.56. The molecule has 20 heavy (non-hydrogen) atoms. The van der Waals surface area contributed by atoms with Crippen molar-refractivity contribution in [3.63, 3.8) is 0 Å². The lowest BCUT2D eigenvalue weighted by atomic mass is 10.0. The monoisotopic (exact) mass is 284 g/mol. The van der Waals surface area contributed by atoms with Crippen molar-refractivity contribution in [1.29, 1.82) is 0 Å². The number of hydrogen-bond donors (Lipinski definition) is 0. The number of hydrazone groups is 1. The maximum Gasteiger partial charge on any atom is 0.280 e. The summed E-state index contributed by atoms with van der Waals surface area (Å²) in [5.41, 5.74) is -0.322. The molecule has 0 aliphatic carbocycles. The van der Waals surface area contributed by atoms with Gasteiger partial charge in [0.05, 0.1) is 5.60 Å². The van der Waals surface area contributed by atoms with Crippen LogP contribution in [0.2, 0.25) is 0 Å². The summed E-state index contributed by atoms with van der Waals surface area (Å²) >= 11 is 0. The van der Waals surface area contributed by atoms with Gasteiger partial charge in [-0.1, -0.05) is 0 Å². The Hall–Kier alpha value is -1.70. The van der Waals surface area contributed by atoms with Crippen LogP contribution in [0.1, 0.15) is 33.1 Å². The average Bonchev–Trinajstić information content (AvgIpc) is 2.77. The number of ether oxygens (including phenoxy) is 1. The highest BCUT2D eigenvalue weighted by atomic mass is 16.7. The van der Waals surface area contributed by atoms with E-state index in [1.807, 2.05) is 6.92 Å². The van der Waals surface area contributed by atoms with Crippen LogP contribution in [0.15, 0.2) is 5.10 Å². The van der Waals surface area contributed by atoms with Gasteiger partial charge >= 0.3 is 0 Å². The number of carbonyl (C=O) groups excluding carboxylic acids is 1. The fraction of sp³-hybridized carbons (Fsp3) is 0.833. The maximum absolute atomic E-state index is 11.6. The molecule has 2 heterocycles. The molecule has 2 rings (SSSR count). The van der Waals surface area contributed by atoms with E-state index in [4.69, 9.17) is 4.74 Å². The topological polar surface area (TPSA) is 88.3 Å². The van der Waals surface area contributed by atoms with E-state index in [0.29, 0.717) is 26.2 Å². The number of hydrogen-bond acceptors (Lipinski definition) is 4. The molecule has 112 valence electrons. The first-order chi connectivity index (χ1) is 9.41. The van der Waals surface area contributed by atoms with E-state index in [-0.39, 0.29) is 17.5 Å². The van der Waals surface area contributed by atoms with E-state index in [1.165, 1.54) is 11.8 Å². The number of nitro groups is 1. The molecule has 0 radical (unpaired) electrons. The summed E-state index contributed by atoms with van der Waals surface area (Å²) in [5.74, 6) is -0.0988. The lowest BCUT2D eigenvalue weighted by molar-refractivity contribution is -0.486. The predicted molar refractivity (Wildman–Crippen MR) is 71.6 cm³/mol. The van der Waals surface area contributed by atoms with Crippen molar-refractivity contribution < 1.29 is 14.6 Å². The molecule has 8 heteroatoms. The van der Waals surface area contributed by atoms with E-state index < -0.39 is 5.03 Å². The van der Waals surface area contributed by atoms with Crippen LogP contribution in [0.25, 0.3) is 0 Å². The van der Waals surface area contributed by atoms with Gasteiger partial charge in [-0.05, 0) is 26.2 Å². The van der Waals surface area contributed by atoms with E-state index in [2.05, 4.69) is 5.10 Å². The summed E-state index contributed by atoms with van der Waals surface area (Å²) in [5, 5.41) is 13.4. The SMILES string of the molecule is CC(=O)N1CCCN(CC2(C)CCCO2)C1=N[N+](=O)[O-]. The largest absolute Gasteiger partial charge is 0.373 e. The molecular weight excluding hydrogens is 264 g/mol. The molecule has 0 saturated carbocycles. The van der Waals surface area contributed by atoms with Crippen molar-refractivity contribution in [2.75, 3.05) is 26.2 Å². The van der Waals surface area contributed by atoms with E-state index in [0.717, 1.165) is 19.3 Å². The Morgan fingerprint density at radius 1 is 1.50 bits per heavy atom. The smallest absolute Gasteiger partial charge is 0.280 e. The summed E-state index contributed by atoms with van der Waals surface area (Å²) in [4.78, 5) is 25.5. The van der Waals surface area contributed by atoms with Gasteiger partial charge < -0.3 is 9.64 Å². The zero-order valence-corrected chi connectivity index (χ0v) is 11.9. The minimum Gasteiger partial charge on any atom is -0.373 e. The van der Waals surface area contributed by atoms with Crippen LogP contribution in [0, 0.1) is 10.1 Å². The predicted octanol–water partition coefficient (Wildman–Crippen LogP) is 0.657. The second-order valence-corrected chi connectivity index (χ2v) is 5.49. The number of guanidine groups is 1. The lowest BCUT2D eigenvalue weighted by Gasteiger charge is -2.39. The summed E-state index contributed by atoms with van der Waals surface area (Å²) in [6, 6.07) is 0. The molecule has 0 aromatic heterocycles. The van der Waals surface area contributed by atoms with Gasteiger partial charge in [0.1, 0.15) is 5.10 Å². The standard InChI is InChI=1S/C12H20N4O4/c1-10(17)15-7-4-6-14(11(15)13-16(18)19)9-12(2)5-3-8-20-12/h3-9H2,1-2H3. The number of rotatable bonds is 3. The highest BCUT2D eigenvalue weighted by Gasteiger charge is 2.37. The molecule has 0 bridgehead atoms. The average molecular weight is 284 g/mol. The third-order valence-corrected chi connectivity index (χ3v) is 3.71. The molecule has 0 aromatic rings. The molecule has 1 atom stereocenters. The van der Waals surface area contributed by atoms with Crippen molar-refractivity contribution in [3.05, 3.63) is 10.1 Å². The third-order valence-electron chi connectivity index (χ3n) is 3.71. The molecule has 8 nitrogen and oxygen atoms in total. The van der Waals surface area contributed by atoms with Crippen molar-refractivity contribution in [2.24, 2.45) is 5.10 Å². The number of amides is 1. The Balaban J connectivity index is 2.20. The first-order valence-electron chi connectivity index (χ1n) is 6.81. The molecule has 0 spiro atoms. The zero-order valence-electron chi connectivity index (χ0n) is 11.9. The zero-order chi connectivity index (χ0) is 14.8. The molecule has 1 unspecified atom stereocenters. The van der Waals surface area contributed by atoms with E-state index >= 15 is 0 Å². The highest BCUT2D eigenvalue weighted by Crippen LogP contribution is 2.27. The van der Waals surface area contributed by atoms with Crippen LogP contribution in [0.4, 0.5) is 0 Å². The van der Waals surface area contributed by atoms with Gasteiger partial charge in [0.15, 0.2) is 5.03 Å². The van der Waals surface area contributed by atoms with Gasteiger partial charge in [0.2, 0.25) is 5.91 Å². The van der Waals surface area contributed by atoms with Gasteiger partial charge in [-0.15, -0.1) is 0 Å². The van der Waals surface area contributed by atoms with Crippen molar-refractivity contribution >= 4 is 11.9 Å². The normalized spacial score (nSPS) is 29.0. The van der Waals surface area contributed by atoms with Gasteiger partial charge in [-0.3, -0.25) is 9.69 Å². The molecule has 0 N–H and O–H groups in total. The maximum atomic E-state index is 11.6. The van der Waals surface area contributed by atoms with E-state index in [9.17, 15) is 14.9 Å². The second-order valence-electron chi connectivity index (χ2n) is 5.49. The van der Waals surface area contributed by atoms with Gasteiger partial charge in [0.25, 0.3) is 5.96 Å². The molecule has 2 saturated heterocycles. The molecule has 1 amide bonds. The Labute approximate surface area is 117 Å². The molecular formula is C12H20N4O4. The van der Waals surface area contributed by atoms with Crippen molar-refractivity contribution in [2.45, 2.75) is 38.7 Å². The Morgan fingerprint density at radius 2 is 2.25 bits per heavy atom. The molecule has 2 fully saturated rings. The van der Waals surface area contributed by atoms with Crippen LogP contribution in [-0.2, 0) is 9.53 Å². The number of carbonyl (C=O) groups is 1. The molecule has 2 aliphatic rings. The Bertz CT molecular complexity index is 431. The fourth-order valence-electron chi connectivity index (χ4n) is 2.79. The minimum absolute atomic E-state index is 0.130. The summed E-state index contributed by atoms with van der Waals surface area (Å²) in [7, 11) is 0. The van der Waals surface area contributed by atoms with E-state index in [1.54, 1.807) is 4.90 Å². The quantitative estimate of drug-likeness (QED) is 0.561. The van der Waals surface area contributed by atoms with Crippen LogP contribution in [0.3, 0.4) is 0 Å². The third kappa shape index (κ3) is 3.24. The fourth-order valence-corrected chi connectivity index (χ4v) is 2.79. The molecule has 0 aromatic carbocycles. The Kier molecular flexibility index (Phi) is 4.22. The second kappa shape index (κ2) is 5.74. The number of nitrogens with zero attached hydrogens (tertiary/aromatic N) is 4.